The predicted octanol–water partition coefficient (Wildman–Crippen LogP) is 0.911. The van der Waals surface area contributed by atoms with Gasteiger partial charge in [-0.3, -0.25) is 14.0 Å². The number of carbonyl (C=O) groups excluding carboxylic acids is 1. The van der Waals surface area contributed by atoms with Crippen LogP contribution in [-0.2, 0) is 9.53 Å². The molecule has 9 nitrogen and oxygen atoms in total. The molecule has 2 saturated heterocycles. The van der Waals surface area contributed by atoms with Crippen molar-refractivity contribution in [1.82, 2.24) is 19.2 Å². The fraction of sp³-hybridized carbons (Fsp3) is 0.478. The Kier molecular flexibility index (Phi) is 6.53. The molecule has 168 valence electrons. The number of nitrogens with zero attached hydrogens (tertiary/aromatic N) is 6. The van der Waals surface area contributed by atoms with Crippen molar-refractivity contribution in [2.24, 2.45) is 0 Å². The van der Waals surface area contributed by atoms with Gasteiger partial charge < -0.3 is 19.4 Å². The summed E-state index contributed by atoms with van der Waals surface area (Å²) < 4.78 is 6.79. The molecule has 0 spiro atoms. The molecule has 0 radical (unpaired) electrons. The van der Waals surface area contributed by atoms with Gasteiger partial charge in [-0.1, -0.05) is 13.0 Å². The van der Waals surface area contributed by atoms with Crippen LogP contribution < -0.4 is 10.5 Å². The summed E-state index contributed by atoms with van der Waals surface area (Å²) in [7, 11) is 0. The number of hydrogen-bond donors (Lipinski definition) is 0. The Morgan fingerprint density at radius 3 is 2.59 bits per heavy atom. The number of nitriles is 1. The van der Waals surface area contributed by atoms with Crippen molar-refractivity contribution < 1.29 is 9.53 Å². The molecular formula is C23H28N6O3. The molecule has 0 unspecified atom stereocenters. The van der Waals surface area contributed by atoms with Gasteiger partial charge in [0.25, 0.3) is 11.5 Å². The van der Waals surface area contributed by atoms with Crippen LogP contribution in [0.3, 0.4) is 0 Å². The van der Waals surface area contributed by atoms with E-state index in [1.807, 2.05) is 19.1 Å². The third-order valence-electron chi connectivity index (χ3n) is 6.12. The number of amides is 1. The van der Waals surface area contributed by atoms with Crippen molar-refractivity contribution in [2.45, 2.75) is 13.8 Å². The van der Waals surface area contributed by atoms with E-state index in [1.54, 1.807) is 17.2 Å². The number of ether oxygens (including phenoxy) is 1. The Hall–Kier alpha value is -3.22. The molecule has 2 fully saturated rings. The van der Waals surface area contributed by atoms with Crippen molar-refractivity contribution in [3.05, 3.63) is 45.4 Å². The number of aryl methyl sites for hydroxylation is 1. The monoisotopic (exact) mass is 436 g/mol. The van der Waals surface area contributed by atoms with Crippen molar-refractivity contribution in [1.29, 1.82) is 5.26 Å². The first-order valence-corrected chi connectivity index (χ1v) is 11.0. The van der Waals surface area contributed by atoms with Crippen molar-refractivity contribution in [2.75, 3.05) is 63.9 Å². The van der Waals surface area contributed by atoms with E-state index in [-0.39, 0.29) is 22.6 Å². The fourth-order valence-corrected chi connectivity index (χ4v) is 4.17. The summed E-state index contributed by atoms with van der Waals surface area (Å²) in [5.41, 5.74) is 1.40. The number of carbonyl (C=O) groups is 1. The van der Waals surface area contributed by atoms with Gasteiger partial charge in [0.05, 0.1) is 18.8 Å². The first-order chi connectivity index (χ1) is 15.5. The van der Waals surface area contributed by atoms with Gasteiger partial charge in [-0.2, -0.15) is 5.26 Å². The number of hydrogen-bond acceptors (Lipinski definition) is 7. The molecule has 32 heavy (non-hydrogen) atoms. The maximum Gasteiger partial charge on any atom is 0.267 e. The summed E-state index contributed by atoms with van der Waals surface area (Å²) in [5.74, 6) is 0.147. The van der Waals surface area contributed by atoms with E-state index in [0.717, 1.165) is 38.3 Å². The highest BCUT2D eigenvalue weighted by Crippen LogP contribution is 2.22. The second-order valence-electron chi connectivity index (χ2n) is 8.03. The van der Waals surface area contributed by atoms with E-state index >= 15 is 0 Å². The van der Waals surface area contributed by atoms with Gasteiger partial charge in [0.15, 0.2) is 0 Å². The van der Waals surface area contributed by atoms with Crippen LogP contribution in [0.25, 0.3) is 11.7 Å². The zero-order valence-electron chi connectivity index (χ0n) is 18.6. The highest BCUT2D eigenvalue weighted by atomic mass is 16.5. The molecule has 0 saturated carbocycles. The minimum atomic E-state index is -0.383. The van der Waals surface area contributed by atoms with Gasteiger partial charge in [0.1, 0.15) is 23.1 Å². The Morgan fingerprint density at radius 1 is 1.22 bits per heavy atom. The molecule has 4 rings (SSSR count). The number of pyridine rings is 1. The number of morpholine rings is 1. The van der Waals surface area contributed by atoms with Crippen LogP contribution in [0.5, 0.6) is 0 Å². The summed E-state index contributed by atoms with van der Waals surface area (Å²) in [6, 6.07) is 5.72. The van der Waals surface area contributed by atoms with Crippen LogP contribution >= 0.6 is 0 Å². The summed E-state index contributed by atoms with van der Waals surface area (Å²) in [5, 5.41) is 9.76. The van der Waals surface area contributed by atoms with Crippen LogP contribution in [0, 0.1) is 18.3 Å². The van der Waals surface area contributed by atoms with E-state index in [1.165, 1.54) is 10.5 Å². The van der Waals surface area contributed by atoms with E-state index < -0.39 is 0 Å². The largest absolute Gasteiger partial charge is 0.378 e. The smallest absolute Gasteiger partial charge is 0.267 e. The lowest BCUT2D eigenvalue weighted by atomic mass is 10.1. The molecule has 0 N–H and O–H groups in total. The molecule has 1 amide bonds. The molecule has 2 aromatic rings. The average molecular weight is 437 g/mol. The lowest BCUT2D eigenvalue weighted by molar-refractivity contribution is -0.130. The standard InChI is InChI=1S/C23H28N6O3/c1-3-26-7-9-27(10-8-26)21-19(23(31)29-6-4-5-17(2)20(29)25-21)15-18(16-24)22(30)28-11-13-32-14-12-28/h4-6,15H,3,7-14H2,1-2H3/b18-15+. The number of anilines is 1. The van der Waals surface area contributed by atoms with E-state index in [9.17, 15) is 14.9 Å². The summed E-state index contributed by atoms with van der Waals surface area (Å²) >= 11 is 0. The lowest BCUT2D eigenvalue weighted by Crippen LogP contribution is -2.47. The van der Waals surface area contributed by atoms with Crippen LogP contribution in [-0.4, -0.2) is 84.1 Å². The maximum absolute atomic E-state index is 13.5. The third kappa shape index (κ3) is 4.24. The van der Waals surface area contributed by atoms with Gasteiger partial charge in [0, 0.05) is 45.5 Å². The molecule has 4 heterocycles. The Labute approximate surface area is 187 Å². The summed E-state index contributed by atoms with van der Waals surface area (Å²) in [6.45, 7) is 9.94. The first-order valence-electron chi connectivity index (χ1n) is 11.0. The summed E-state index contributed by atoms with van der Waals surface area (Å²) in [6.07, 6.45) is 3.09. The minimum absolute atomic E-state index is 0.0631. The molecule has 0 atom stereocenters. The molecular weight excluding hydrogens is 408 g/mol. The molecule has 2 aliphatic rings. The SMILES string of the molecule is CCN1CCN(c2nc3c(C)cccn3c(=O)c2/C=C(\C#N)C(=O)N2CCOCC2)CC1. The van der Waals surface area contributed by atoms with Crippen LogP contribution in [0.15, 0.2) is 28.7 Å². The van der Waals surface area contributed by atoms with E-state index in [0.29, 0.717) is 37.8 Å². The minimum Gasteiger partial charge on any atom is -0.378 e. The predicted molar refractivity (Wildman–Crippen MR) is 122 cm³/mol. The van der Waals surface area contributed by atoms with Gasteiger partial charge in [-0.15, -0.1) is 0 Å². The molecule has 2 aliphatic heterocycles. The van der Waals surface area contributed by atoms with Gasteiger partial charge in [-0.25, -0.2) is 4.98 Å². The molecule has 0 aliphatic carbocycles. The highest BCUT2D eigenvalue weighted by Gasteiger charge is 2.25. The summed E-state index contributed by atoms with van der Waals surface area (Å²) in [4.78, 5) is 37.3. The maximum atomic E-state index is 13.5. The third-order valence-corrected chi connectivity index (χ3v) is 6.12. The Bertz CT molecular complexity index is 1130. The van der Waals surface area contributed by atoms with Gasteiger partial charge >= 0.3 is 0 Å². The molecule has 0 bridgehead atoms. The normalized spacial score (nSPS) is 18.1. The van der Waals surface area contributed by atoms with Crippen LogP contribution in [0.2, 0.25) is 0 Å². The fourth-order valence-electron chi connectivity index (χ4n) is 4.17. The molecule has 0 aromatic carbocycles. The zero-order valence-corrected chi connectivity index (χ0v) is 18.6. The Balaban J connectivity index is 1.82. The van der Waals surface area contributed by atoms with Gasteiger partial charge in [-0.05, 0) is 31.2 Å². The van der Waals surface area contributed by atoms with Crippen LogP contribution in [0.1, 0.15) is 18.1 Å². The van der Waals surface area contributed by atoms with Crippen molar-refractivity contribution >= 4 is 23.4 Å². The van der Waals surface area contributed by atoms with Crippen LogP contribution in [0.4, 0.5) is 5.82 Å². The Morgan fingerprint density at radius 2 is 1.94 bits per heavy atom. The molecule has 9 heteroatoms. The lowest BCUT2D eigenvalue weighted by Gasteiger charge is -2.35. The van der Waals surface area contributed by atoms with Crippen molar-refractivity contribution in [3.8, 4) is 6.07 Å². The second-order valence-corrected chi connectivity index (χ2v) is 8.03. The quantitative estimate of drug-likeness (QED) is 0.519. The number of likely N-dealkylation sites (N-methyl/N-ethyl adjacent to an activating group) is 1. The molecule has 2 aromatic heterocycles. The average Bonchev–Trinajstić information content (AvgIpc) is 2.84. The first kappa shape index (κ1) is 22.0. The highest BCUT2D eigenvalue weighted by molar-refractivity contribution is 6.02. The number of rotatable bonds is 4. The zero-order chi connectivity index (χ0) is 22.7. The van der Waals surface area contributed by atoms with E-state index in [2.05, 4.69) is 16.7 Å². The van der Waals surface area contributed by atoms with E-state index in [4.69, 9.17) is 9.72 Å². The number of fused-ring (bicyclic) bond motifs is 1. The van der Waals surface area contributed by atoms with Crippen molar-refractivity contribution in [3.63, 3.8) is 0 Å². The topological polar surface area (TPSA) is 94.2 Å². The number of piperazine rings is 1. The van der Waals surface area contributed by atoms with Gasteiger partial charge in [0.2, 0.25) is 0 Å². The number of aromatic nitrogens is 2. The second kappa shape index (κ2) is 9.51.